The first-order valence-corrected chi connectivity index (χ1v) is 10.8. The Bertz CT molecular complexity index is 644. The molecule has 2 heterocycles. The zero-order valence-electron chi connectivity index (χ0n) is 15.4. The van der Waals surface area contributed by atoms with Crippen LogP contribution in [0.3, 0.4) is 0 Å². The maximum atomic E-state index is 12.6. The van der Waals surface area contributed by atoms with Gasteiger partial charge in [-0.2, -0.15) is 4.31 Å². The van der Waals surface area contributed by atoms with E-state index in [0.717, 1.165) is 25.9 Å². The van der Waals surface area contributed by atoms with Crippen molar-refractivity contribution >= 4 is 15.9 Å². The lowest BCUT2D eigenvalue weighted by Gasteiger charge is -2.30. The normalized spacial score (nSPS) is 16.5. The molecule has 146 valence electrons. The fourth-order valence-electron chi connectivity index (χ4n) is 2.89. The van der Waals surface area contributed by atoms with E-state index >= 15 is 0 Å². The molecule has 0 aromatic carbocycles. The molecule has 1 amide bonds. The second-order valence-electron chi connectivity index (χ2n) is 6.48. The minimum absolute atomic E-state index is 0.0111. The van der Waals surface area contributed by atoms with Gasteiger partial charge < -0.3 is 10.1 Å². The third kappa shape index (κ3) is 6.03. The van der Waals surface area contributed by atoms with Crippen molar-refractivity contribution in [3.05, 3.63) is 24.5 Å². The van der Waals surface area contributed by atoms with Gasteiger partial charge in [-0.1, -0.05) is 13.3 Å². The van der Waals surface area contributed by atoms with Gasteiger partial charge in [0.2, 0.25) is 15.9 Å². The van der Waals surface area contributed by atoms with Crippen LogP contribution in [0.15, 0.2) is 29.4 Å². The topological polar surface area (TPSA) is 88.6 Å². The third-order valence-electron chi connectivity index (χ3n) is 4.50. The maximum absolute atomic E-state index is 12.6. The molecule has 0 atom stereocenters. The summed E-state index contributed by atoms with van der Waals surface area (Å²) in [6.45, 7) is 4.86. The Hall–Kier alpha value is -1.51. The molecule has 0 unspecified atom stereocenters. The molecule has 2 rings (SSSR count). The Morgan fingerprint density at radius 2 is 2.04 bits per heavy atom. The van der Waals surface area contributed by atoms with Gasteiger partial charge >= 0.3 is 0 Å². The number of piperidine rings is 1. The molecule has 0 spiro atoms. The summed E-state index contributed by atoms with van der Waals surface area (Å²) in [4.78, 5) is 16.3. The first-order chi connectivity index (χ1) is 12.6. The van der Waals surface area contributed by atoms with Crippen molar-refractivity contribution in [3.8, 4) is 0 Å². The van der Waals surface area contributed by atoms with Crippen molar-refractivity contribution in [2.24, 2.45) is 5.92 Å². The lowest BCUT2D eigenvalue weighted by atomic mass is 9.97. The Labute approximate surface area is 156 Å². The smallest absolute Gasteiger partial charge is 0.244 e. The highest BCUT2D eigenvalue weighted by Gasteiger charge is 2.31. The molecule has 1 N–H and O–H groups in total. The highest BCUT2D eigenvalue weighted by molar-refractivity contribution is 7.89. The van der Waals surface area contributed by atoms with E-state index in [0.29, 0.717) is 39.1 Å². The van der Waals surface area contributed by atoms with Crippen molar-refractivity contribution in [2.75, 3.05) is 32.8 Å². The van der Waals surface area contributed by atoms with E-state index in [9.17, 15) is 13.2 Å². The van der Waals surface area contributed by atoms with Gasteiger partial charge in [0.05, 0.1) is 0 Å². The van der Waals surface area contributed by atoms with Gasteiger partial charge in [0.1, 0.15) is 4.90 Å². The van der Waals surface area contributed by atoms with Crippen molar-refractivity contribution in [3.63, 3.8) is 0 Å². The molecule has 1 saturated heterocycles. The number of nitrogens with zero attached hydrogens (tertiary/aromatic N) is 2. The fraction of sp³-hybridized carbons (Fsp3) is 0.667. The summed E-state index contributed by atoms with van der Waals surface area (Å²) in [5.41, 5.74) is 0. The van der Waals surface area contributed by atoms with Crippen LogP contribution in [0.25, 0.3) is 0 Å². The van der Waals surface area contributed by atoms with Gasteiger partial charge in [0.15, 0.2) is 0 Å². The van der Waals surface area contributed by atoms with Crippen LogP contribution in [-0.4, -0.2) is 56.5 Å². The highest BCUT2D eigenvalue weighted by Crippen LogP contribution is 2.23. The van der Waals surface area contributed by atoms with Crippen LogP contribution in [0.4, 0.5) is 0 Å². The van der Waals surface area contributed by atoms with Crippen LogP contribution in [-0.2, 0) is 19.6 Å². The molecule has 1 aliphatic heterocycles. The lowest BCUT2D eigenvalue weighted by molar-refractivity contribution is -0.126. The molecule has 7 nitrogen and oxygen atoms in total. The van der Waals surface area contributed by atoms with Crippen LogP contribution in [0.5, 0.6) is 0 Å². The van der Waals surface area contributed by atoms with Crippen LogP contribution in [0.1, 0.15) is 39.0 Å². The molecule has 0 radical (unpaired) electrons. The number of pyridine rings is 1. The van der Waals surface area contributed by atoms with Crippen LogP contribution < -0.4 is 5.32 Å². The molecule has 1 aromatic heterocycles. The zero-order valence-corrected chi connectivity index (χ0v) is 16.2. The van der Waals surface area contributed by atoms with Crippen LogP contribution in [0.2, 0.25) is 0 Å². The summed E-state index contributed by atoms with van der Waals surface area (Å²) in [7, 11) is -3.52. The number of aromatic nitrogens is 1. The summed E-state index contributed by atoms with van der Waals surface area (Å²) in [6.07, 6.45) is 6.96. The first kappa shape index (κ1) is 20.8. The van der Waals surface area contributed by atoms with E-state index in [4.69, 9.17) is 4.74 Å². The number of nitrogens with one attached hydrogen (secondary N) is 1. The summed E-state index contributed by atoms with van der Waals surface area (Å²) >= 11 is 0. The number of carbonyl (C=O) groups is 1. The second kappa shape index (κ2) is 10.6. The predicted molar refractivity (Wildman–Crippen MR) is 99.1 cm³/mol. The summed E-state index contributed by atoms with van der Waals surface area (Å²) in [6, 6.07) is 3.16. The molecule has 26 heavy (non-hydrogen) atoms. The minimum Gasteiger partial charge on any atom is -0.381 e. The number of sulfonamides is 1. The minimum atomic E-state index is -3.52. The molecule has 0 saturated carbocycles. The Morgan fingerprint density at radius 1 is 1.31 bits per heavy atom. The molecule has 1 aromatic rings. The van der Waals surface area contributed by atoms with Gasteiger partial charge in [0.25, 0.3) is 0 Å². The average molecular weight is 384 g/mol. The largest absolute Gasteiger partial charge is 0.381 e. The number of unbranched alkanes of at least 4 members (excludes halogenated alkanes) is 1. The lowest BCUT2D eigenvalue weighted by Crippen LogP contribution is -2.43. The molecule has 8 heteroatoms. The van der Waals surface area contributed by atoms with Gasteiger partial charge in [-0.25, -0.2) is 8.42 Å². The standard InChI is InChI=1S/C18H29N3O4S/c1-2-3-13-25-14-5-10-20-18(22)16-7-11-21(12-8-16)26(23,24)17-6-4-9-19-15-17/h4,6,9,15-16H,2-3,5,7-8,10-14H2,1H3,(H,20,22). The van der Waals surface area contributed by atoms with Gasteiger partial charge in [-0.15, -0.1) is 0 Å². The van der Waals surface area contributed by atoms with Gasteiger partial charge in [-0.05, 0) is 37.8 Å². The number of hydrogen-bond acceptors (Lipinski definition) is 5. The average Bonchev–Trinajstić information content (AvgIpc) is 2.68. The monoisotopic (exact) mass is 383 g/mol. The SMILES string of the molecule is CCCCOCCCNC(=O)C1CCN(S(=O)(=O)c2cccnc2)CC1. The van der Waals surface area contributed by atoms with Gasteiger partial charge in [0, 0.05) is 51.2 Å². The van der Waals surface area contributed by atoms with Crippen LogP contribution >= 0.6 is 0 Å². The fourth-order valence-corrected chi connectivity index (χ4v) is 4.32. The Kier molecular flexibility index (Phi) is 8.47. The van der Waals surface area contributed by atoms with Crippen molar-refractivity contribution in [2.45, 2.75) is 43.9 Å². The molecule has 1 aliphatic rings. The Morgan fingerprint density at radius 3 is 2.69 bits per heavy atom. The zero-order chi connectivity index (χ0) is 18.8. The van der Waals surface area contributed by atoms with E-state index in [1.54, 1.807) is 18.3 Å². The first-order valence-electron chi connectivity index (χ1n) is 9.31. The summed E-state index contributed by atoms with van der Waals surface area (Å²) in [5, 5.41) is 2.93. The quantitative estimate of drug-likeness (QED) is 0.623. The number of hydrogen-bond donors (Lipinski definition) is 1. The van der Waals surface area contributed by atoms with Crippen LogP contribution in [0, 0.1) is 5.92 Å². The third-order valence-corrected chi connectivity index (χ3v) is 6.39. The van der Waals surface area contributed by atoms with E-state index in [1.165, 1.54) is 10.5 Å². The molecular formula is C18H29N3O4S. The maximum Gasteiger partial charge on any atom is 0.244 e. The van der Waals surface area contributed by atoms with Crippen molar-refractivity contribution in [1.82, 2.24) is 14.6 Å². The second-order valence-corrected chi connectivity index (χ2v) is 8.42. The van der Waals surface area contributed by atoms with Gasteiger partial charge in [-0.3, -0.25) is 9.78 Å². The highest BCUT2D eigenvalue weighted by atomic mass is 32.2. The number of carbonyl (C=O) groups excluding carboxylic acids is 1. The van der Waals surface area contributed by atoms with Crippen molar-refractivity contribution < 1.29 is 17.9 Å². The molecule has 0 aliphatic carbocycles. The summed E-state index contributed by atoms with van der Waals surface area (Å²) < 4.78 is 32.0. The van der Waals surface area contributed by atoms with Crippen molar-refractivity contribution in [1.29, 1.82) is 0 Å². The predicted octanol–water partition coefficient (Wildman–Crippen LogP) is 1.81. The summed E-state index contributed by atoms with van der Waals surface area (Å²) in [5.74, 6) is -0.117. The van der Waals surface area contributed by atoms with E-state index in [-0.39, 0.29) is 16.7 Å². The number of amides is 1. The van der Waals surface area contributed by atoms with E-state index in [2.05, 4.69) is 17.2 Å². The Balaban J connectivity index is 1.70. The molecular weight excluding hydrogens is 354 g/mol. The molecule has 0 bridgehead atoms. The number of ether oxygens (including phenoxy) is 1. The number of rotatable bonds is 10. The van der Waals surface area contributed by atoms with E-state index in [1.807, 2.05) is 0 Å². The van der Waals surface area contributed by atoms with E-state index < -0.39 is 10.0 Å². The molecule has 1 fully saturated rings.